The number of amides is 3. The average Bonchev–Trinajstić information content (AvgIpc) is 3.44. The van der Waals surface area contributed by atoms with Crippen molar-refractivity contribution in [3.63, 3.8) is 0 Å². The van der Waals surface area contributed by atoms with Crippen LogP contribution in [0.1, 0.15) is 32.0 Å². The van der Waals surface area contributed by atoms with Crippen LogP contribution in [0.4, 0.5) is 10.5 Å². The number of aromatic carboxylic acids is 1. The smallest absolute Gasteiger partial charge is 0.339 e. The van der Waals surface area contributed by atoms with E-state index in [0.29, 0.717) is 28.6 Å². The number of carbonyl (C=O) groups excluding carboxylic acids is 4. The van der Waals surface area contributed by atoms with Crippen molar-refractivity contribution in [1.82, 2.24) is 4.90 Å². The summed E-state index contributed by atoms with van der Waals surface area (Å²) < 4.78 is 10.4. The second-order valence-corrected chi connectivity index (χ2v) is 9.39. The van der Waals surface area contributed by atoms with E-state index in [1.165, 1.54) is 37.5 Å². The molecule has 1 aliphatic heterocycles. The first-order chi connectivity index (χ1) is 18.1. The van der Waals surface area contributed by atoms with E-state index in [0.717, 1.165) is 4.90 Å². The number of thioether (sulfide) groups is 1. The molecule has 2 heterocycles. The van der Waals surface area contributed by atoms with Gasteiger partial charge in [0.05, 0.1) is 28.2 Å². The lowest BCUT2D eigenvalue weighted by Gasteiger charge is -2.13. The summed E-state index contributed by atoms with van der Waals surface area (Å²) in [4.78, 5) is 61.9. The van der Waals surface area contributed by atoms with E-state index in [1.807, 2.05) is 0 Å². The molecule has 0 aliphatic carbocycles. The van der Waals surface area contributed by atoms with Crippen molar-refractivity contribution < 1.29 is 38.2 Å². The van der Waals surface area contributed by atoms with Gasteiger partial charge in [0.25, 0.3) is 11.1 Å². The molecular formula is C26H19ClN2O8S. The lowest BCUT2D eigenvalue weighted by molar-refractivity contribution is -0.127. The first kappa shape index (κ1) is 26.7. The molecule has 3 amide bonds. The molecule has 3 aromatic rings. The standard InChI is InChI=1S/C26H19ClN2O8S/c1-13-16(4-3-5-17(13)24(32)33)20-9-7-15(37-20)11-21-23(31)29(26(35)38-21)12-22(30)28-14-6-8-19(27)18(10-14)25(34)36-2/h3-11H,12H2,1-2H3,(H,28,30)(H,32,33)/b21-11-. The number of halogens is 1. The number of carbonyl (C=O) groups is 5. The lowest BCUT2D eigenvalue weighted by atomic mass is 10.0. The molecule has 4 rings (SSSR count). The predicted octanol–water partition coefficient (Wildman–Crippen LogP) is 5.07. The molecule has 1 saturated heterocycles. The highest BCUT2D eigenvalue weighted by Crippen LogP contribution is 2.34. The number of methoxy groups -OCH3 is 1. The van der Waals surface area contributed by atoms with E-state index in [9.17, 15) is 29.1 Å². The monoisotopic (exact) mass is 554 g/mol. The zero-order valence-electron chi connectivity index (χ0n) is 19.9. The molecule has 10 nitrogen and oxygen atoms in total. The maximum Gasteiger partial charge on any atom is 0.339 e. The van der Waals surface area contributed by atoms with Crippen LogP contribution in [0, 0.1) is 6.92 Å². The van der Waals surface area contributed by atoms with E-state index < -0.39 is 35.5 Å². The Morgan fingerprint density at radius 3 is 2.61 bits per heavy atom. The number of hydrogen-bond donors (Lipinski definition) is 2. The van der Waals surface area contributed by atoms with Gasteiger partial charge in [-0.1, -0.05) is 23.7 Å². The van der Waals surface area contributed by atoms with Crippen molar-refractivity contribution in [1.29, 1.82) is 0 Å². The Bertz CT molecular complexity index is 1530. The third-order valence-corrected chi connectivity index (χ3v) is 6.80. The highest BCUT2D eigenvalue weighted by atomic mass is 35.5. The van der Waals surface area contributed by atoms with Crippen LogP contribution < -0.4 is 5.32 Å². The summed E-state index contributed by atoms with van der Waals surface area (Å²) in [5, 5.41) is 11.4. The Hall–Kier alpha value is -4.35. The minimum Gasteiger partial charge on any atom is -0.478 e. The van der Waals surface area contributed by atoms with E-state index in [1.54, 1.807) is 31.2 Å². The minimum atomic E-state index is -1.06. The number of benzene rings is 2. The number of imide groups is 1. The molecule has 0 saturated carbocycles. The van der Waals surface area contributed by atoms with Crippen LogP contribution in [-0.4, -0.2) is 52.7 Å². The number of anilines is 1. The van der Waals surface area contributed by atoms with Crippen molar-refractivity contribution in [2.24, 2.45) is 0 Å². The van der Waals surface area contributed by atoms with Crippen molar-refractivity contribution in [2.75, 3.05) is 19.0 Å². The van der Waals surface area contributed by atoms with Crippen LogP contribution >= 0.6 is 23.4 Å². The van der Waals surface area contributed by atoms with Gasteiger partial charge >= 0.3 is 11.9 Å². The van der Waals surface area contributed by atoms with E-state index in [4.69, 9.17) is 16.0 Å². The summed E-state index contributed by atoms with van der Waals surface area (Å²) in [6.07, 6.45) is 1.38. The van der Waals surface area contributed by atoms with Gasteiger partial charge in [0.15, 0.2) is 0 Å². The SMILES string of the molecule is COC(=O)c1cc(NC(=O)CN2C(=O)S/C(=C\c3ccc(-c4cccc(C(=O)O)c4C)o3)C2=O)ccc1Cl. The first-order valence-electron chi connectivity index (χ1n) is 10.9. The van der Waals surface area contributed by atoms with Gasteiger partial charge in [-0.05, 0) is 60.6 Å². The van der Waals surface area contributed by atoms with Crippen molar-refractivity contribution in [3.8, 4) is 11.3 Å². The maximum atomic E-state index is 12.8. The molecule has 12 heteroatoms. The zero-order chi connectivity index (χ0) is 27.6. The third-order valence-electron chi connectivity index (χ3n) is 5.56. The number of nitrogens with zero attached hydrogens (tertiary/aromatic N) is 1. The average molecular weight is 555 g/mol. The number of hydrogen-bond acceptors (Lipinski definition) is 8. The predicted molar refractivity (Wildman–Crippen MR) is 140 cm³/mol. The molecule has 2 aromatic carbocycles. The second-order valence-electron chi connectivity index (χ2n) is 7.99. The highest BCUT2D eigenvalue weighted by molar-refractivity contribution is 8.18. The Kier molecular flexibility index (Phi) is 7.70. The topological polar surface area (TPSA) is 143 Å². The summed E-state index contributed by atoms with van der Waals surface area (Å²) in [5.41, 5.74) is 1.51. The second kappa shape index (κ2) is 11.0. The number of carboxylic acids is 1. The van der Waals surface area contributed by atoms with Crippen molar-refractivity contribution in [3.05, 3.63) is 80.9 Å². The molecule has 1 aliphatic rings. The fourth-order valence-electron chi connectivity index (χ4n) is 3.69. The normalized spacial score (nSPS) is 14.2. The number of ether oxygens (including phenoxy) is 1. The zero-order valence-corrected chi connectivity index (χ0v) is 21.5. The van der Waals surface area contributed by atoms with Crippen LogP contribution in [0.5, 0.6) is 0 Å². The molecule has 0 atom stereocenters. The number of esters is 1. The van der Waals surface area contributed by atoms with Gasteiger partial charge in [0.1, 0.15) is 18.1 Å². The van der Waals surface area contributed by atoms with Crippen LogP contribution in [0.3, 0.4) is 0 Å². The van der Waals surface area contributed by atoms with Gasteiger partial charge in [0.2, 0.25) is 5.91 Å². The van der Waals surface area contributed by atoms with Gasteiger partial charge < -0.3 is 19.6 Å². The molecule has 38 heavy (non-hydrogen) atoms. The molecule has 0 bridgehead atoms. The van der Waals surface area contributed by atoms with Gasteiger partial charge in [-0.25, -0.2) is 9.59 Å². The quantitative estimate of drug-likeness (QED) is 0.302. The molecule has 0 radical (unpaired) electrons. The lowest BCUT2D eigenvalue weighted by Crippen LogP contribution is -2.36. The van der Waals surface area contributed by atoms with Gasteiger partial charge in [0, 0.05) is 17.3 Å². The van der Waals surface area contributed by atoms with Crippen molar-refractivity contribution in [2.45, 2.75) is 6.92 Å². The summed E-state index contributed by atoms with van der Waals surface area (Å²) >= 11 is 6.63. The highest BCUT2D eigenvalue weighted by Gasteiger charge is 2.36. The molecule has 0 unspecified atom stereocenters. The number of furan rings is 1. The largest absolute Gasteiger partial charge is 0.478 e. The molecule has 1 fully saturated rings. The van der Waals surface area contributed by atoms with E-state index >= 15 is 0 Å². The third kappa shape index (κ3) is 5.48. The number of nitrogens with one attached hydrogen (secondary N) is 1. The van der Waals surface area contributed by atoms with Crippen LogP contribution in [-0.2, 0) is 14.3 Å². The molecular weight excluding hydrogens is 536 g/mol. The molecule has 1 aromatic heterocycles. The Morgan fingerprint density at radius 1 is 1.13 bits per heavy atom. The Labute approximate surface area is 225 Å². The summed E-state index contributed by atoms with van der Waals surface area (Å²) in [5.74, 6) is -2.43. The van der Waals surface area contributed by atoms with Crippen molar-refractivity contribution >= 4 is 64.1 Å². The van der Waals surface area contributed by atoms with Crippen LogP contribution in [0.2, 0.25) is 5.02 Å². The molecule has 194 valence electrons. The van der Waals surface area contributed by atoms with Crippen LogP contribution in [0.25, 0.3) is 17.4 Å². The van der Waals surface area contributed by atoms with Gasteiger partial charge in [-0.2, -0.15) is 0 Å². The minimum absolute atomic E-state index is 0.0452. The van der Waals surface area contributed by atoms with Crippen LogP contribution in [0.15, 0.2) is 57.9 Å². The first-order valence-corrected chi connectivity index (χ1v) is 12.1. The Morgan fingerprint density at radius 2 is 1.89 bits per heavy atom. The summed E-state index contributed by atoms with van der Waals surface area (Å²) in [7, 11) is 1.19. The summed E-state index contributed by atoms with van der Waals surface area (Å²) in [6.45, 7) is 1.11. The van der Waals surface area contributed by atoms with Gasteiger partial charge in [-0.3, -0.25) is 19.3 Å². The number of rotatable bonds is 7. The summed E-state index contributed by atoms with van der Waals surface area (Å²) in [6, 6.07) is 12.2. The molecule has 0 spiro atoms. The fraction of sp³-hybridized carbons (Fsp3) is 0.115. The van der Waals surface area contributed by atoms with E-state index in [-0.39, 0.29) is 32.5 Å². The van der Waals surface area contributed by atoms with E-state index in [2.05, 4.69) is 10.1 Å². The molecule has 2 N–H and O–H groups in total. The number of carboxylic acid groups (broad SMARTS) is 1. The maximum absolute atomic E-state index is 12.8. The van der Waals surface area contributed by atoms with Gasteiger partial charge in [-0.15, -0.1) is 0 Å². The fourth-order valence-corrected chi connectivity index (χ4v) is 4.70. The Balaban J connectivity index is 1.47.